The second-order valence-corrected chi connectivity index (χ2v) is 9.08. The van der Waals surface area contributed by atoms with Gasteiger partial charge in [-0.25, -0.2) is 0 Å². The minimum atomic E-state index is 0.525. The Labute approximate surface area is 170 Å². The maximum absolute atomic E-state index is 6.42. The zero-order valence-electron chi connectivity index (χ0n) is 16.4. The predicted molar refractivity (Wildman–Crippen MR) is 116 cm³/mol. The van der Waals surface area contributed by atoms with Crippen molar-refractivity contribution in [2.45, 2.75) is 51.1 Å². The van der Waals surface area contributed by atoms with Crippen molar-refractivity contribution in [2.24, 2.45) is 0 Å². The largest absolute Gasteiger partial charge is 0.320 e. The third kappa shape index (κ3) is 2.29. The van der Waals surface area contributed by atoms with Crippen LogP contribution in [0.25, 0.3) is 22.7 Å². The number of aromatic nitrogens is 2. The summed E-state index contributed by atoms with van der Waals surface area (Å²) >= 11 is 6.42. The smallest absolute Gasteiger partial charge is 0.0529 e. The first-order valence-electron chi connectivity index (χ1n) is 10.3. The van der Waals surface area contributed by atoms with Crippen LogP contribution in [0, 0.1) is 6.92 Å². The van der Waals surface area contributed by atoms with E-state index in [1.165, 1.54) is 51.7 Å². The number of aryl methyl sites for hydroxylation is 2. The lowest BCUT2D eigenvalue weighted by molar-refractivity contribution is 0.223. The Hall–Kier alpha value is -2.10. The lowest BCUT2D eigenvalue weighted by Gasteiger charge is -2.32. The number of allylic oxidation sites excluding steroid dienone is 1. The van der Waals surface area contributed by atoms with Crippen molar-refractivity contribution >= 4 is 34.3 Å². The second-order valence-electron chi connectivity index (χ2n) is 8.65. The minimum absolute atomic E-state index is 0.525. The van der Waals surface area contributed by atoms with E-state index in [4.69, 9.17) is 11.6 Å². The van der Waals surface area contributed by atoms with Gasteiger partial charge in [-0.05, 0) is 86.2 Å². The van der Waals surface area contributed by atoms with Crippen LogP contribution in [0.2, 0.25) is 5.02 Å². The number of hydrogen-bond donors (Lipinski definition) is 0. The molecule has 0 saturated carbocycles. The van der Waals surface area contributed by atoms with Gasteiger partial charge in [0.25, 0.3) is 0 Å². The lowest BCUT2D eigenvalue weighted by atomic mass is 9.97. The molecule has 2 aliphatic heterocycles. The molecule has 0 radical (unpaired) electrons. The zero-order chi connectivity index (χ0) is 19.0. The summed E-state index contributed by atoms with van der Waals surface area (Å²) in [6.45, 7) is 2.08. The molecule has 4 heterocycles. The quantitative estimate of drug-likeness (QED) is 0.537. The molecule has 3 aromatic rings. The molecule has 28 heavy (non-hydrogen) atoms. The second kappa shape index (κ2) is 5.95. The van der Waals surface area contributed by atoms with Gasteiger partial charge in [0.2, 0.25) is 0 Å². The van der Waals surface area contributed by atoms with E-state index in [9.17, 15) is 0 Å². The summed E-state index contributed by atoms with van der Waals surface area (Å²) in [5.41, 5.74) is 9.59. The lowest BCUT2D eigenvalue weighted by Crippen LogP contribution is -2.34. The van der Waals surface area contributed by atoms with Gasteiger partial charge >= 0.3 is 0 Å². The van der Waals surface area contributed by atoms with E-state index in [0.717, 1.165) is 30.0 Å². The molecule has 1 saturated heterocycles. The third-order valence-electron chi connectivity index (χ3n) is 7.13. The first-order chi connectivity index (χ1) is 13.6. The minimum Gasteiger partial charge on any atom is -0.320 e. The summed E-state index contributed by atoms with van der Waals surface area (Å²) in [5.74, 6) is 0. The van der Waals surface area contributed by atoms with Gasteiger partial charge in [0, 0.05) is 52.7 Å². The number of halogens is 1. The molecule has 0 N–H and O–H groups in total. The van der Waals surface area contributed by atoms with Crippen molar-refractivity contribution in [1.29, 1.82) is 0 Å². The Balaban J connectivity index is 1.60. The highest BCUT2D eigenvalue weighted by molar-refractivity contribution is 6.31. The monoisotopic (exact) mass is 389 g/mol. The highest BCUT2D eigenvalue weighted by Crippen LogP contribution is 2.47. The molecule has 4 heteroatoms. The van der Waals surface area contributed by atoms with Crippen molar-refractivity contribution in [3.8, 4) is 0 Å². The van der Waals surface area contributed by atoms with E-state index in [0.29, 0.717) is 12.1 Å². The molecule has 2 atom stereocenters. The summed E-state index contributed by atoms with van der Waals surface area (Å²) < 4.78 is 2.49. The zero-order valence-corrected chi connectivity index (χ0v) is 17.1. The molecular weight excluding hydrogens is 366 g/mol. The summed E-state index contributed by atoms with van der Waals surface area (Å²) in [6, 6.07) is 9.85. The van der Waals surface area contributed by atoms with Gasteiger partial charge in [-0.3, -0.25) is 9.88 Å². The van der Waals surface area contributed by atoms with Gasteiger partial charge in [-0.1, -0.05) is 11.6 Å². The van der Waals surface area contributed by atoms with E-state index in [-0.39, 0.29) is 0 Å². The number of hydrogen-bond acceptors (Lipinski definition) is 2. The molecular formula is C24H24ClN3. The van der Waals surface area contributed by atoms with Crippen LogP contribution >= 0.6 is 11.6 Å². The van der Waals surface area contributed by atoms with Gasteiger partial charge in [0.15, 0.2) is 0 Å². The number of nitrogens with zero attached hydrogens (tertiary/aromatic N) is 3. The fourth-order valence-electron chi connectivity index (χ4n) is 5.70. The number of likely N-dealkylation sites (N-methyl/N-ethyl adjacent to an activating group) is 1. The number of fused-ring (bicyclic) bond motifs is 7. The van der Waals surface area contributed by atoms with Crippen molar-refractivity contribution in [3.63, 3.8) is 0 Å². The van der Waals surface area contributed by atoms with E-state index < -0.39 is 0 Å². The summed E-state index contributed by atoms with van der Waals surface area (Å²) in [4.78, 5) is 7.08. The normalized spacial score (nSPS) is 24.9. The van der Waals surface area contributed by atoms with Gasteiger partial charge in [0.05, 0.1) is 5.52 Å². The van der Waals surface area contributed by atoms with E-state index >= 15 is 0 Å². The van der Waals surface area contributed by atoms with Crippen LogP contribution in [-0.4, -0.2) is 27.5 Å². The number of benzene rings is 1. The Morgan fingerprint density at radius 2 is 2.07 bits per heavy atom. The molecule has 0 spiro atoms. The van der Waals surface area contributed by atoms with Crippen LogP contribution in [0.1, 0.15) is 53.4 Å². The maximum atomic E-state index is 6.42. The van der Waals surface area contributed by atoms with E-state index in [1.807, 2.05) is 6.07 Å². The van der Waals surface area contributed by atoms with E-state index in [2.05, 4.69) is 59.0 Å². The molecule has 3 nitrogen and oxygen atoms in total. The Morgan fingerprint density at radius 3 is 2.96 bits per heavy atom. The van der Waals surface area contributed by atoms with Crippen molar-refractivity contribution in [2.75, 3.05) is 7.05 Å². The van der Waals surface area contributed by atoms with Gasteiger partial charge in [-0.2, -0.15) is 0 Å². The van der Waals surface area contributed by atoms with Crippen LogP contribution in [0.15, 0.2) is 30.5 Å². The third-order valence-corrected chi connectivity index (χ3v) is 7.37. The number of pyridine rings is 1. The molecule has 1 fully saturated rings. The van der Waals surface area contributed by atoms with Gasteiger partial charge < -0.3 is 4.57 Å². The molecule has 2 unspecified atom stereocenters. The highest BCUT2D eigenvalue weighted by Gasteiger charge is 2.40. The molecule has 0 amide bonds. The SMILES string of the molecule is Cc1cc2c(cn1)CCC2=Cn1c2c(c3cc(Cl)ccc31)C1CCC(C2)N1C. The molecule has 2 aromatic heterocycles. The van der Waals surface area contributed by atoms with Crippen LogP contribution in [-0.2, 0) is 12.8 Å². The van der Waals surface area contributed by atoms with Crippen molar-refractivity contribution < 1.29 is 0 Å². The molecule has 1 aliphatic carbocycles. The van der Waals surface area contributed by atoms with Gasteiger partial charge in [-0.15, -0.1) is 0 Å². The first kappa shape index (κ1) is 16.8. The summed E-state index contributed by atoms with van der Waals surface area (Å²) in [7, 11) is 2.29. The Kier molecular flexibility index (Phi) is 3.57. The highest BCUT2D eigenvalue weighted by atomic mass is 35.5. The molecule has 142 valence electrons. The van der Waals surface area contributed by atoms with Crippen LogP contribution < -0.4 is 0 Å². The van der Waals surface area contributed by atoms with Crippen LogP contribution in [0.4, 0.5) is 0 Å². The first-order valence-corrected chi connectivity index (χ1v) is 10.7. The maximum Gasteiger partial charge on any atom is 0.0529 e. The fourth-order valence-corrected chi connectivity index (χ4v) is 5.87. The van der Waals surface area contributed by atoms with E-state index in [1.54, 1.807) is 0 Å². The predicted octanol–water partition coefficient (Wildman–Crippen LogP) is 5.63. The van der Waals surface area contributed by atoms with Gasteiger partial charge in [0.1, 0.15) is 0 Å². The Morgan fingerprint density at radius 1 is 1.18 bits per heavy atom. The molecule has 1 aromatic carbocycles. The van der Waals surface area contributed by atoms with Crippen molar-refractivity contribution in [3.05, 3.63) is 63.6 Å². The van der Waals surface area contributed by atoms with Crippen molar-refractivity contribution in [1.82, 2.24) is 14.5 Å². The van der Waals surface area contributed by atoms with Crippen LogP contribution in [0.5, 0.6) is 0 Å². The fraction of sp³-hybridized carbons (Fsp3) is 0.375. The average Bonchev–Trinajstić information content (AvgIpc) is 3.27. The topological polar surface area (TPSA) is 21.1 Å². The molecule has 2 bridgehead atoms. The average molecular weight is 390 g/mol. The molecule has 6 rings (SSSR count). The molecule has 3 aliphatic rings. The standard InChI is InChI=1S/C24H24ClN3/c1-14-9-19-15(12-26-14)3-4-16(19)13-28-21-7-5-17(25)10-20(21)24-22-8-6-18(27(22)2)11-23(24)28/h5,7,9-10,12-13,18,22H,3-4,6,8,11H2,1-2H3. The summed E-state index contributed by atoms with van der Waals surface area (Å²) in [6.07, 6.45) is 10.3. The van der Waals surface area contributed by atoms with Crippen LogP contribution in [0.3, 0.4) is 0 Å². The summed E-state index contributed by atoms with van der Waals surface area (Å²) in [5, 5.41) is 2.16. The Bertz CT molecular complexity index is 1160. The number of rotatable bonds is 1.